The number of hydrogen-bond acceptors (Lipinski definition) is 5. The molecule has 0 aliphatic rings. The summed E-state index contributed by atoms with van der Waals surface area (Å²) in [7, 11) is 0. The molecule has 0 aliphatic heterocycles. The summed E-state index contributed by atoms with van der Waals surface area (Å²) in [5, 5.41) is 16.9. The third kappa shape index (κ3) is 4.42. The lowest BCUT2D eigenvalue weighted by molar-refractivity contribution is -0.113. The molecule has 2 aromatic carbocycles. The van der Waals surface area contributed by atoms with Gasteiger partial charge in [0.05, 0.1) is 5.75 Å². The molecule has 0 saturated carbocycles. The molecule has 7 heteroatoms. The van der Waals surface area contributed by atoms with Crippen LogP contribution in [0.2, 0.25) is 0 Å². The average molecular weight is 437 g/mol. The fourth-order valence-corrected chi connectivity index (χ4v) is 4.95. The molecule has 0 saturated heterocycles. The van der Waals surface area contributed by atoms with Crippen LogP contribution in [0.25, 0.3) is 22.2 Å². The van der Waals surface area contributed by atoms with E-state index in [-0.39, 0.29) is 11.7 Å². The molecule has 0 spiro atoms. The van der Waals surface area contributed by atoms with Crippen LogP contribution in [-0.2, 0) is 17.8 Å². The highest BCUT2D eigenvalue weighted by Crippen LogP contribution is 2.29. The lowest BCUT2D eigenvalue weighted by atomic mass is 10.1. The van der Waals surface area contributed by atoms with Crippen LogP contribution in [0.1, 0.15) is 25.1 Å². The first-order valence-corrected chi connectivity index (χ1v) is 12.0. The molecule has 5 nitrogen and oxygen atoms in total. The molecule has 4 rings (SSSR count). The third-order valence-corrected chi connectivity index (χ3v) is 6.87. The van der Waals surface area contributed by atoms with Crippen molar-refractivity contribution in [2.24, 2.45) is 0 Å². The molecule has 0 aliphatic carbocycles. The minimum atomic E-state index is -0.0484. The molecular weight excluding hydrogens is 412 g/mol. The molecule has 2 aromatic heterocycles. The highest BCUT2D eigenvalue weighted by Gasteiger charge is 2.16. The van der Waals surface area contributed by atoms with Gasteiger partial charge in [0.25, 0.3) is 0 Å². The third-order valence-electron chi connectivity index (χ3n) is 4.82. The first-order chi connectivity index (χ1) is 14.7. The zero-order valence-electron chi connectivity index (χ0n) is 17.1. The first-order valence-electron chi connectivity index (χ1n) is 10.1. The van der Waals surface area contributed by atoms with E-state index in [0.29, 0.717) is 0 Å². The van der Waals surface area contributed by atoms with Crippen molar-refractivity contribution in [3.8, 4) is 11.4 Å². The summed E-state index contributed by atoms with van der Waals surface area (Å²) < 4.78 is 2.12. The van der Waals surface area contributed by atoms with Crippen molar-refractivity contribution in [3.63, 3.8) is 0 Å². The summed E-state index contributed by atoms with van der Waals surface area (Å²) in [6, 6.07) is 16.2. The summed E-state index contributed by atoms with van der Waals surface area (Å²) in [6.45, 7) is 5.12. The predicted octanol–water partition coefficient (Wildman–Crippen LogP) is 5.86. The second-order valence-corrected chi connectivity index (χ2v) is 8.91. The van der Waals surface area contributed by atoms with Gasteiger partial charge < -0.3 is 9.88 Å². The van der Waals surface area contributed by atoms with Crippen molar-refractivity contribution in [2.45, 2.75) is 38.4 Å². The summed E-state index contributed by atoms with van der Waals surface area (Å²) >= 11 is 3.18. The van der Waals surface area contributed by atoms with Gasteiger partial charge in [-0.15, -0.1) is 21.5 Å². The van der Waals surface area contributed by atoms with Gasteiger partial charge >= 0.3 is 0 Å². The molecular formula is C23H24N4OS2. The van der Waals surface area contributed by atoms with E-state index in [1.165, 1.54) is 16.6 Å². The van der Waals surface area contributed by atoms with Crippen molar-refractivity contribution < 1.29 is 4.79 Å². The smallest absolute Gasteiger partial charge is 0.234 e. The van der Waals surface area contributed by atoms with Crippen LogP contribution in [0, 0.1) is 0 Å². The summed E-state index contributed by atoms with van der Waals surface area (Å²) in [5.41, 5.74) is 1.93. The Morgan fingerprint density at radius 3 is 2.77 bits per heavy atom. The number of anilines is 1. The Morgan fingerprint density at radius 1 is 1.13 bits per heavy atom. The van der Waals surface area contributed by atoms with Crippen LogP contribution in [0.5, 0.6) is 0 Å². The van der Waals surface area contributed by atoms with Crippen molar-refractivity contribution in [2.75, 3.05) is 11.1 Å². The van der Waals surface area contributed by atoms with Gasteiger partial charge in [0.15, 0.2) is 11.0 Å². The Labute approximate surface area is 184 Å². The van der Waals surface area contributed by atoms with Crippen molar-refractivity contribution in [1.82, 2.24) is 14.8 Å². The van der Waals surface area contributed by atoms with E-state index in [1.54, 1.807) is 11.3 Å². The lowest BCUT2D eigenvalue weighted by Crippen LogP contribution is -2.15. The molecule has 4 aromatic rings. The maximum atomic E-state index is 12.6. The van der Waals surface area contributed by atoms with Crippen LogP contribution >= 0.6 is 23.1 Å². The van der Waals surface area contributed by atoms with Crippen molar-refractivity contribution in [1.29, 1.82) is 0 Å². The number of benzene rings is 2. The fourth-order valence-electron chi connectivity index (χ4n) is 3.37. The quantitative estimate of drug-likeness (QED) is 0.351. The SMILES string of the molecule is CCCn1c(SCC(=O)Nc2cccc3ccccc23)nnc1-c1csc(CC)c1. The summed E-state index contributed by atoms with van der Waals surface area (Å²) in [5.74, 6) is 1.12. The van der Waals surface area contributed by atoms with E-state index in [9.17, 15) is 4.79 Å². The number of aromatic nitrogens is 3. The fraction of sp³-hybridized carbons (Fsp3) is 0.261. The predicted molar refractivity (Wildman–Crippen MR) is 126 cm³/mol. The number of thiophene rings is 1. The molecule has 0 radical (unpaired) electrons. The van der Waals surface area contributed by atoms with Gasteiger partial charge in [-0.25, -0.2) is 0 Å². The molecule has 0 unspecified atom stereocenters. The van der Waals surface area contributed by atoms with Gasteiger partial charge in [0.2, 0.25) is 5.91 Å². The summed E-state index contributed by atoms with van der Waals surface area (Å²) in [6.07, 6.45) is 1.99. The van der Waals surface area contributed by atoms with E-state index < -0.39 is 0 Å². The normalized spacial score (nSPS) is 11.1. The highest BCUT2D eigenvalue weighted by molar-refractivity contribution is 7.99. The van der Waals surface area contributed by atoms with E-state index in [4.69, 9.17) is 0 Å². The van der Waals surface area contributed by atoms with Crippen LogP contribution in [0.15, 0.2) is 59.1 Å². The Kier molecular flexibility index (Phi) is 6.50. The molecule has 0 bridgehead atoms. The number of amides is 1. The number of carbonyl (C=O) groups is 1. The Balaban J connectivity index is 1.48. The number of nitrogens with zero attached hydrogens (tertiary/aromatic N) is 3. The van der Waals surface area contributed by atoms with E-state index in [2.05, 4.69) is 45.4 Å². The zero-order valence-corrected chi connectivity index (χ0v) is 18.7. The van der Waals surface area contributed by atoms with Crippen LogP contribution in [0.4, 0.5) is 5.69 Å². The second kappa shape index (κ2) is 9.45. The topological polar surface area (TPSA) is 59.8 Å². The number of nitrogens with one attached hydrogen (secondary N) is 1. The standard InChI is InChI=1S/C23H24N4OS2/c1-3-12-27-22(17-13-18(4-2)29-14-17)25-26-23(27)30-15-21(28)24-20-11-7-9-16-8-5-6-10-19(16)20/h5-11,13-14H,3-4,12,15H2,1-2H3,(H,24,28). The molecule has 154 valence electrons. The van der Waals surface area contributed by atoms with Gasteiger partial charge in [-0.05, 0) is 30.4 Å². The van der Waals surface area contributed by atoms with Crippen molar-refractivity contribution in [3.05, 3.63) is 58.8 Å². The summed E-state index contributed by atoms with van der Waals surface area (Å²) in [4.78, 5) is 14.0. The average Bonchev–Trinajstić information content (AvgIpc) is 3.40. The van der Waals surface area contributed by atoms with E-state index >= 15 is 0 Å². The number of fused-ring (bicyclic) bond motifs is 1. The Morgan fingerprint density at radius 2 is 1.97 bits per heavy atom. The van der Waals surface area contributed by atoms with Crippen LogP contribution in [-0.4, -0.2) is 26.4 Å². The highest BCUT2D eigenvalue weighted by atomic mass is 32.2. The number of carbonyl (C=O) groups excluding carboxylic acids is 1. The molecule has 0 fully saturated rings. The van der Waals surface area contributed by atoms with Gasteiger partial charge in [0.1, 0.15) is 0 Å². The number of hydrogen-bond donors (Lipinski definition) is 1. The monoisotopic (exact) mass is 436 g/mol. The second-order valence-electron chi connectivity index (χ2n) is 6.98. The molecule has 1 amide bonds. The van der Waals surface area contributed by atoms with Crippen LogP contribution in [0.3, 0.4) is 0 Å². The molecule has 0 atom stereocenters. The minimum absolute atomic E-state index is 0.0484. The molecule has 30 heavy (non-hydrogen) atoms. The largest absolute Gasteiger partial charge is 0.325 e. The number of thioether (sulfide) groups is 1. The molecule has 1 N–H and O–H groups in total. The van der Waals surface area contributed by atoms with Gasteiger partial charge in [-0.1, -0.05) is 62.0 Å². The van der Waals surface area contributed by atoms with E-state index in [0.717, 1.165) is 52.4 Å². The molecule has 2 heterocycles. The van der Waals surface area contributed by atoms with Gasteiger partial charge in [0, 0.05) is 33.4 Å². The Bertz CT molecular complexity index is 1160. The maximum absolute atomic E-state index is 12.6. The van der Waals surface area contributed by atoms with Crippen LogP contribution < -0.4 is 5.32 Å². The lowest BCUT2D eigenvalue weighted by Gasteiger charge is -2.10. The van der Waals surface area contributed by atoms with E-state index in [1.807, 2.05) is 42.5 Å². The first kappa shape index (κ1) is 20.6. The minimum Gasteiger partial charge on any atom is -0.325 e. The zero-order chi connectivity index (χ0) is 20.9. The van der Waals surface area contributed by atoms with Gasteiger partial charge in [-0.3, -0.25) is 4.79 Å². The number of rotatable bonds is 8. The van der Waals surface area contributed by atoms with Gasteiger partial charge in [-0.2, -0.15) is 0 Å². The number of aryl methyl sites for hydroxylation is 1. The Hall–Kier alpha value is -2.64. The maximum Gasteiger partial charge on any atom is 0.234 e. The van der Waals surface area contributed by atoms with Crippen molar-refractivity contribution >= 4 is 45.5 Å².